The fraction of sp³-hybridized carbons (Fsp3) is 0. The van der Waals surface area contributed by atoms with Crippen molar-refractivity contribution in [2.75, 3.05) is 0 Å². The molecule has 0 saturated carbocycles. The predicted octanol–water partition coefficient (Wildman–Crippen LogP) is 14.0. The van der Waals surface area contributed by atoms with Gasteiger partial charge in [-0.3, -0.25) is 0 Å². The third-order valence-corrected chi connectivity index (χ3v) is 11.2. The molecule has 0 bridgehead atoms. The number of benzene rings is 8. The zero-order chi connectivity index (χ0) is 32.1. The molecular weight excluding hydrogens is 617 g/mol. The van der Waals surface area contributed by atoms with Crippen LogP contribution in [0.2, 0.25) is 0 Å². The zero-order valence-electron chi connectivity index (χ0n) is 26.2. The first-order valence-corrected chi connectivity index (χ1v) is 17.4. The van der Waals surface area contributed by atoms with Gasteiger partial charge in [0.1, 0.15) is 11.3 Å². The van der Waals surface area contributed by atoms with Crippen molar-refractivity contribution in [2.24, 2.45) is 0 Å². The molecular formula is C46H26O2S. The van der Waals surface area contributed by atoms with Crippen molar-refractivity contribution in [3.63, 3.8) is 0 Å². The van der Waals surface area contributed by atoms with Gasteiger partial charge in [-0.1, -0.05) is 127 Å². The van der Waals surface area contributed by atoms with Crippen molar-refractivity contribution in [1.82, 2.24) is 0 Å². The highest BCUT2D eigenvalue weighted by atomic mass is 32.1. The Balaban J connectivity index is 1.20. The van der Waals surface area contributed by atoms with E-state index in [1.54, 1.807) is 0 Å². The molecule has 0 fully saturated rings. The van der Waals surface area contributed by atoms with Crippen molar-refractivity contribution in [3.05, 3.63) is 158 Å². The molecule has 11 aromatic rings. The molecule has 0 radical (unpaired) electrons. The summed E-state index contributed by atoms with van der Waals surface area (Å²) < 4.78 is 15.8. The van der Waals surface area contributed by atoms with E-state index >= 15 is 0 Å². The summed E-state index contributed by atoms with van der Waals surface area (Å²) in [4.78, 5) is 0. The smallest absolute Gasteiger partial charge is 0.178 e. The van der Waals surface area contributed by atoms with Gasteiger partial charge in [-0.05, 0) is 74.1 Å². The molecule has 49 heavy (non-hydrogen) atoms. The lowest BCUT2D eigenvalue weighted by Crippen LogP contribution is -1.91. The lowest BCUT2D eigenvalue weighted by Gasteiger charge is -2.18. The van der Waals surface area contributed by atoms with Crippen LogP contribution in [0.5, 0.6) is 0 Å². The summed E-state index contributed by atoms with van der Waals surface area (Å²) in [7, 11) is 0. The quantitative estimate of drug-likeness (QED) is 0.179. The van der Waals surface area contributed by atoms with Gasteiger partial charge < -0.3 is 8.83 Å². The first-order chi connectivity index (χ1) is 24.3. The van der Waals surface area contributed by atoms with Crippen molar-refractivity contribution in [3.8, 4) is 33.6 Å². The summed E-state index contributed by atoms with van der Waals surface area (Å²) in [5.74, 6) is 0.838. The number of hydrogen-bond acceptors (Lipinski definition) is 3. The second-order valence-corrected chi connectivity index (χ2v) is 13.9. The number of furan rings is 2. The number of rotatable bonds is 3. The molecule has 0 saturated heterocycles. The summed E-state index contributed by atoms with van der Waals surface area (Å²) in [5.41, 5.74) is 8.34. The molecule has 11 rings (SSSR count). The molecule has 0 spiro atoms. The van der Waals surface area contributed by atoms with Crippen molar-refractivity contribution >= 4 is 86.0 Å². The molecule has 8 aromatic carbocycles. The molecule has 0 aliphatic carbocycles. The Morgan fingerprint density at radius 3 is 1.82 bits per heavy atom. The minimum Gasteiger partial charge on any atom is -0.452 e. The largest absolute Gasteiger partial charge is 0.452 e. The van der Waals surface area contributed by atoms with Crippen LogP contribution in [0.1, 0.15) is 0 Å². The fourth-order valence-corrected chi connectivity index (χ4v) is 9.09. The maximum absolute atomic E-state index is 6.67. The van der Waals surface area contributed by atoms with Gasteiger partial charge in [0.15, 0.2) is 11.2 Å². The maximum atomic E-state index is 6.67. The Hall–Kier alpha value is -6.16. The molecule has 0 aliphatic rings. The molecule has 0 unspecified atom stereocenters. The number of hydrogen-bond donors (Lipinski definition) is 0. The molecule has 0 atom stereocenters. The SMILES string of the molecule is c1ccc(-c2cc3ccc4c(oc5cccc(-c6c7ccccc7c(-c7ccc8c(c7)sc7ccccc78)c7ccccc67)c54)c3o2)cc1. The van der Waals surface area contributed by atoms with E-state index < -0.39 is 0 Å². The van der Waals surface area contributed by atoms with Gasteiger partial charge in [0, 0.05) is 41.9 Å². The molecule has 0 aliphatic heterocycles. The third kappa shape index (κ3) is 3.88. The fourth-order valence-electron chi connectivity index (χ4n) is 7.94. The van der Waals surface area contributed by atoms with Crippen LogP contribution in [0.3, 0.4) is 0 Å². The minimum atomic E-state index is 0.778. The average Bonchev–Trinajstić information content (AvgIpc) is 3.87. The molecule has 2 nitrogen and oxygen atoms in total. The molecule has 0 N–H and O–H groups in total. The van der Waals surface area contributed by atoms with Crippen LogP contribution < -0.4 is 0 Å². The van der Waals surface area contributed by atoms with E-state index in [1.807, 2.05) is 29.5 Å². The Morgan fingerprint density at radius 1 is 0.388 bits per heavy atom. The van der Waals surface area contributed by atoms with Gasteiger partial charge in [-0.2, -0.15) is 0 Å². The summed E-state index contributed by atoms with van der Waals surface area (Å²) in [6.45, 7) is 0. The van der Waals surface area contributed by atoms with Crippen LogP contribution in [0, 0.1) is 0 Å². The van der Waals surface area contributed by atoms with E-state index in [1.165, 1.54) is 58.4 Å². The summed E-state index contributed by atoms with van der Waals surface area (Å²) in [6, 6.07) is 56.6. The van der Waals surface area contributed by atoms with Crippen LogP contribution in [0.4, 0.5) is 0 Å². The molecule has 3 heteroatoms. The summed E-state index contributed by atoms with van der Waals surface area (Å²) in [6.07, 6.45) is 0. The number of thiophene rings is 1. The minimum absolute atomic E-state index is 0.778. The average molecular weight is 643 g/mol. The lowest BCUT2D eigenvalue weighted by atomic mass is 9.85. The first-order valence-electron chi connectivity index (χ1n) is 16.6. The zero-order valence-corrected chi connectivity index (χ0v) is 27.1. The number of fused-ring (bicyclic) bond motifs is 10. The van der Waals surface area contributed by atoms with Crippen LogP contribution in [-0.4, -0.2) is 0 Å². The van der Waals surface area contributed by atoms with E-state index in [0.29, 0.717) is 0 Å². The summed E-state index contributed by atoms with van der Waals surface area (Å²) >= 11 is 1.87. The predicted molar refractivity (Wildman–Crippen MR) is 208 cm³/mol. The Labute approximate surface area is 285 Å². The molecule has 0 amide bonds. The van der Waals surface area contributed by atoms with Crippen LogP contribution in [-0.2, 0) is 0 Å². The maximum Gasteiger partial charge on any atom is 0.178 e. The Bertz CT molecular complexity index is 3050. The van der Waals surface area contributed by atoms with Gasteiger partial charge in [-0.15, -0.1) is 11.3 Å². The van der Waals surface area contributed by atoms with Gasteiger partial charge in [0.25, 0.3) is 0 Å². The van der Waals surface area contributed by atoms with Crippen molar-refractivity contribution in [2.45, 2.75) is 0 Å². The first kappa shape index (κ1) is 26.9. The lowest BCUT2D eigenvalue weighted by molar-refractivity contribution is 0.611. The van der Waals surface area contributed by atoms with Crippen molar-refractivity contribution in [1.29, 1.82) is 0 Å². The Kier molecular flexibility index (Phi) is 5.57. The van der Waals surface area contributed by atoms with Crippen molar-refractivity contribution < 1.29 is 8.83 Å². The highest BCUT2D eigenvalue weighted by molar-refractivity contribution is 7.25. The Morgan fingerprint density at radius 2 is 1.04 bits per heavy atom. The van der Waals surface area contributed by atoms with E-state index in [-0.39, 0.29) is 0 Å². The highest BCUT2D eigenvalue weighted by Gasteiger charge is 2.22. The second-order valence-electron chi connectivity index (χ2n) is 12.8. The van der Waals surface area contributed by atoms with E-state index in [4.69, 9.17) is 8.83 Å². The molecule has 3 heterocycles. The van der Waals surface area contributed by atoms with E-state index in [0.717, 1.165) is 49.8 Å². The van der Waals surface area contributed by atoms with Crippen LogP contribution >= 0.6 is 11.3 Å². The molecule has 228 valence electrons. The topological polar surface area (TPSA) is 26.3 Å². The highest BCUT2D eigenvalue weighted by Crippen LogP contribution is 2.48. The molecule has 3 aromatic heterocycles. The third-order valence-electron chi connectivity index (χ3n) is 10.1. The van der Waals surface area contributed by atoms with E-state index in [2.05, 4.69) is 140 Å². The van der Waals surface area contributed by atoms with E-state index in [9.17, 15) is 0 Å². The van der Waals surface area contributed by atoms with Crippen LogP contribution in [0.25, 0.3) is 108 Å². The van der Waals surface area contributed by atoms with Gasteiger partial charge in [0.2, 0.25) is 0 Å². The standard InChI is InChI=1S/C46H26O2S/c1-2-11-27(12-3-1)39-25-29-22-24-37-44-36(18-10-19-38(44)47-46(37)45(29)48-39)43-34-16-6-4-14-32(34)42(33-15-5-7-17-35(33)43)28-21-23-31-30-13-8-9-20-40(30)49-41(31)26-28/h1-26H. The normalized spacial score (nSPS) is 12.1. The van der Waals surface area contributed by atoms with Gasteiger partial charge in [-0.25, -0.2) is 0 Å². The monoisotopic (exact) mass is 642 g/mol. The summed E-state index contributed by atoms with van der Waals surface area (Å²) in [5, 5.41) is 10.7. The van der Waals surface area contributed by atoms with Crippen LogP contribution in [0.15, 0.2) is 167 Å². The van der Waals surface area contributed by atoms with Gasteiger partial charge in [0.05, 0.1) is 0 Å². The van der Waals surface area contributed by atoms with Gasteiger partial charge >= 0.3 is 0 Å². The second kappa shape index (κ2) is 10.2.